The average molecular weight is 1190 g/mol. The number of aryl methyl sites for hydroxylation is 2. The van der Waals surface area contributed by atoms with Gasteiger partial charge in [-0.1, -0.05) is 23.2 Å². The molecule has 0 saturated heterocycles. The fourth-order valence-corrected chi connectivity index (χ4v) is 5.36. The first kappa shape index (κ1) is 54.8. The van der Waals surface area contributed by atoms with Crippen molar-refractivity contribution in [2.45, 2.75) is 82.8 Å². The van der Waals surface area contributed by atoms with Gasteiger partial charge in [0.05, 0.1) is 29.9 Å². The first-order chi connectivity index (χ1) is 25.8. The zero-order valence-corrected chi connectivity index (χ0v) is 47.3. The second-order valence-corrected chi connectivity index (χ2v) is 14.0. The molecule has 2 fully saturated rings. The van der Waals surface area contributed by atoms with Gasteiger partial charge in [-0.3, -0.25) is 24.4 Å². The number of aromatic nitrogens is 6. The Labute approximate surface area is 467 Å². The summed E-state index contributed by atoms with van der Waals surface area (Å²) in [6.07, 6.45) is -1.82. The van der Waals surface area contributed by atoms with Crippen molar-refractivity contribution in [3.63, 3.8) is 0 Å². The third kappa shape index (κ3) is 22.4. The molecule has 2 aliphatic rings. The Bertz CT molecular complexity index is 1890. The molecule has 0 unspecified atom stereocenters. The zero-order chi connectivity index (χ0) is 40.8. The summed E-state index contributed by atoms with van der Waals surface area (Å²) in [5.41, 5.74) is 7.95. The molecule has 2 saturated carbocycles. The van der Waals surface area contributed by atoms with Crippen LogP contribution in [0.3, 0.4) is 0 Å². The molecule has 23 heteroatoms. The first-order valence-electron chi connectivity index (χ1n) is 16.0. The largest absolute Gasteiger partial charge is 1.00 e. The molecule has 4 heterocycles. The third-order valence-electron chi connectivity index (χ3n) is 7.11. The van der Waals surface area contributed by atoms with Crippen LogP contribution in [0.4, 0.5) is 17.6 Å². The van der Waals surface area contributed by atoms with Crippen LogP contribution in [0, 0.1) is 17.5 Å². The summed E-state index contributed by atoms with van der Waals surface area (Å²) in [7, 11) is 0. The minimum absolute atomic E-state index is 0. The van der Waals surface area contributed by atoms with Gasteiger partial charge in [-0.05, 0) is 60.7 Å². The van der Waals surface area contributed by atoms with E-state index in [0.717, 1.165) is 3.70 Å². The number of hydrogen-bond donors (Lipinski definition) is 1. The molecule has 4 aromatic rings. The SMILES string of the molecule is Cc1cc(OC2CC(F)(F)C2)cc(CC(=O)Cc2ccc(Cl)nn2)n1.Cc1cc(OC2CC(F)(F)C2)cc(CC(N)=O)n1.Clc1ccc(I)nn1.O=CO[O-].[Cs+].[Cs+].[H-]. The number of carbonyl (C=O) groups excluding carboxylic acids is 3. The summed E-state index contributed by atoms with van der Waals surface area (Å²) in [6.45, 7) is 3.33. The van der Waals surface area contributed by atoms with Gasteiger partial charge in [-0.15, -0.1) is 15.3 Å². The second kappa shape index (κ2) is 27.0. The van der Waals surface area contributed by atoms with Crippen molar-refractivity contribution in [2.75, 3.05) is 0 Å². The van der Waals surface area contributed by atoms with Gasteiger partial charge in [0.25, 0.3) is 18.3 Å². The van der Waals surface area contributed by atoms with E-state index in [4.69, 9.17) is 48.5 Å². The molecule has 0 aromatic carbocycles. The Kier molecular flexibility index (Phi) is 25.9. The van der Waals surface area contributed by atoms with E-state index in [1.165, 1.54) is 0 Å². The van der Waals surface area contributed by atoms with Gasteiger partial charge < -0.3 is 26.8 Å². The van der Waals surface area contributed by atoms with E-state index in [2.05, 4.69) is 57.8 Å². The molecule has 0 atom stereocenters. The number of pyridine rings is 2. The molecule has 0 bridgehead atoms. The van der Waals surface area contributed by atoms with Crippen molar-refractivity contribution in [3.05, 3.63) is 91.0 Å². The molecule has 0 radical (unpaired) electrons. The summed E-state index contributed by atoms with van der Waals surface area (Å²) >= 11 is 13.2. The number of halogens is 7. The van der Waals surface area contributed by atoms with E-state index < -0.39 is 30.0 Å². The molecule has 14 nitrogen and oxygen atoms in total. The number of rotatable bonds is 11. The number of Topliss-reactive ketones (excluding diaryl/α,β-unsaturated/α-hetero) is 1. The van der Waals surface area contributed by atoms with Crippen LogP contribution >= 0.6 is 45.8 Å². The van der Waals surface area contributed by atoms with E-state index in [9.17, 15) is 27.2 Å². The van der Waals surface area contributed by atoms with Crippen LogP contribution in [0.2, 0.25) is 10.3 Å². The Morgan fingerprint density at radius 1 is 0.789 bits per heavy atom. The first-order valence-corrected chi connectivity index (χ1v) is 17.9. The number of amides is 1. The molecule has 2 aliphatic carbocycles. The van der Waals surface area contributed by atoms with E-state index >= 15 is 0 Å². The van der Waals surface area contributed by atoms with Crippen LogP contribution in [-0.4, -0.2) is 72.6 Å². The number of primary amides is 1. The average Bonchev–Trinajstić information content (AvgIpc) is 3.05. The van der Waals surface area contributed by atoms with Crippen molar-refractivity contribution in [3.8, 4) is 11.5 Å². The Morgan fingerprint density at radius 2 is 1.21 bits per heavy atom. The van der Waals surface area contributed by atoms with E-state index in [1.54, 1.807) is 62.4 Å². The number of nitrogens with two attached hydrogens (primary N) is 1. The van der Waals surface area contributed by atoms with E-state index in [-0.39, 0.29) is 202 Å². The summed E-state index contributed by atoms with van der Waals surface area (Å²) < 4.78 is 63.0. The Morgan fingerprint density at radius 3 is 1.56 bits per heavy atom. The summed E-state index contributed by atoms with van der Waals surface area (Å²) in [5, 5.41) is 23.9. The predicted molar refractivity (Wildman–Crippen MR) is 196 cm³/mol. The minimum Gasteiger partial charge on any atom is -1.00 e. The van der Waals surface area contributed by atoms with Crippen molar-refractivity contribution in [2.24, 2.45) is 5.73 Å². The number of nitrogens with zero attached hydrogens (tertiary/aromatic N) is 6. The maximum absolute atomic E-state index is 12.9. The zero-order valence-electron chi connectivity index (χ0n) is 32.1. The molecule has 2 N–H and O–H groups in total. The van der Waals surface area contributed by atoms with Crippen LogP contribution in [0.5, 0.6) is 11.5 Å². The van der Waals surface area contributed by atoms with Gasteiger partial charge in [-0.2, -0.15) is 5.10 Å². The predicted octanol–water partition coefficient (Wildman–Crippen LogP) is -0.752. The van der Waals surface area contributed by atoms with Crippen LogP contribution in [0.15, 0.2) is 48.5 Å². The molecule has 0 aliphatic heterocycles. The number of carbonyl (C=O) groups is 3. The number of ketones is 1. The van der Waals surface area contributed by atoms with Gasteiger partial charge in [0, 0.05) is 67.8 Å². The van der Waals surface area contributed by atoms with Gasteiger partial charge >= 0.3 is 138 Å². The van der Waals surface area contributed by atoms with Crippen LogP contribution in [-0.2, 0) is 38.5 Å². The number of ether oxygens (including phenoxy) is 2. The van der Waals surface area contributed by atoms with Gasteiger partial charge in [0.2, 0.25) is 5.91 Å². The minimum atomic E-state index is -2.63. The molecule has 6 rings (SSSR count). The molecule has 4 aromatic heterocycles. The normalized spacial score (nSPS) is 14.6. The molecule has 298 valence electrons. The Balaban J connectivity index is 0.000000860. The summed E-state index contributed by atoms with van der Waals surface area (Å²) in [4.78, 5) is 42.7. The monoisotopic (exact) mass is 1190 g/mol. The maximum Gasteiger partial charge on any atom is 1.00 e. The van der Waals surface area contributed by atoms with Crippen molar-refractivity contribution in [1.82, 2.24) is 30.4 Å². The van der Waals surface area contributed by atoms with E-state index in [0.29, 0.717) is 45.1 Å². The van der Waals surface area contributed by atoms with E-state index in [1.807, 2.05) is 0 Å². The molecule has 1 amide bonds. The number of hydrogen-bond acceptors (Lipinski definition) is 13. The maximum atomic E-state index is 12.9. The molecule has 57 heavy (non-hydrogen) atoms. The quantitative estimate of drug-likeness (QED) is 0.0647. The topological polar surface area (TPSA) is 205 Å². The second-order valence-electron chi connectivity index (χ2n) is 12.1. The molecule has 0 spiro atoms. The van der Waals surface area contributed by atoms with Gasteiger partial charge in [0.1, 0.15) is 33.2 Å². The van der Waals surface area contributed by atoms with Crippen molar-refractivity contribution >= 4 is 64.0 Å². The van der Waals surface area contributed by atoms with Crippen LogP contribution in [0.25, 0.3) is 0 Å². The Hall–Kier alpha value is -0.236. The fourth-order valence-electron chi connectivity index (χ4n) is 4.87. The van der Waals surface area contributed by atoms with Crippen molar-refractivity contribution < 1.29 is 191 Å². The van der Waals surface area contributed by atoms with Gasteiger partial charge in [0.15, 0.2) is 10.3 Å². The van der Waals surface area contributed by atoms with Gasteiger partial charge in [-0.25, -0.2) is 17.6 Å². The van der Waals surface area contributed by atoms with Crippen molar-refractivity contribution in [1.29, 1.82) is 0 Å². The summed E-state index contributed by atoms with van der Waals surface area (Å²) in [6, 6.07) is 13.2. The third-order valence-corrected chi connectivity index (χ3v) is 8.09. The molecular formula is C34H34Cl2Cs2F4IN7O7. The standard InChI is InChI=1S/C17H16ClF2N3O2.C12H14F2N2O2.C4H2ClIN2.CH2O3.2Cs.H/c1-10-4-14(25-15-8-17(19,20)9-15)7-12(21-10)6-13(24)5-11-2-3-16(18)23-22-11;1-7-2-9(3-8(16-7)4-11(15)17)18-10-5-12(13,14)6-10;5-3-1-2-4(6)8-7-3;2-1-4-3;;;/h2-4,7,15H,5-6,8-9H2,1H3;2-3,10H,4-6H2,1H3,(H2,15,17);1-2H;1,3H;;;/q;;;;2*+1;-1/p-1. The number of alkyl halides is 4. The smallest absolute Gasteiger partial charge is 1.00 e. The fraction of sp³-hybridized carbons (Fsp3) is 0.382. The summed E-state index contributed by atoms with van der Waals surface area (Å²) in [5.74, 6) is -4.90. The van der Waals surface area contributed by atoms with Crippen LogP contribution in [0.1, 0.15) is 55.6 Å². The molecular weight excluding hydrogens is 1160 g/mol. The van der Waals surface area contributed by atoms with Crippen LogP contribution < -0.4 is 158 Å².